The maximum atomic E-state index is 12.1. The largest absolute Gasteiger partial charge is 0.324 e. The zero-order chi connectivity index (χ0) is 16.9. The van der Waals surface area contributed by atoms with Gasteiger partial charge in [0, 0.05) is 24.2 Å². The lowest BCUT2D eigenvalue weighted by molar-refractivity contribution is -0.116. The number of amides is 1. The maximum Gasteiger partial charge on any atom is 0.240 e. The van der Waals surface area contributed by atoms with Crippen LogP contribution in [0.5, 0.6) is 0 Å². The second-order valence-electron chi connectivity index (χ2n) is 4.84. The number of nitrogens with one attached hydrogen (secondary N) is 2. The molecule has 2 aromatic rings. The average Bonchev–Trinajstić information content (AvgIpc) is 2.49. The molecule has 1 amide bonds. The van der Waals surface area contributed by atoms with E-state index in [2.05, 4.69) is 15.0 Å². The number of hydrogen-bond acceptors (Lipinski definition) is 4. The lowest BCUT2D eigenvalue weighted by atomic mass is 10.2. The summed E-state index contributed by atoms with van der Waals surface area (Å²) in [6, 6.07) is 7.70. The fraction of sp³-hybridized carbons (Fsp3) is 0.200. The highest BCUT2D eigenvalue weighted by atomic mass is 35.5. The Kier molecular flexibility index (Phi) is 5.70. The quantitative estimate of drug-likeness (QED) is 0.834. The van der Waals surface area contributed by atoms with E-state index >= 15 is 0 Å². The van der Waals surface area contributed by atoms with Gasteiger partial charge in [-0.3, -0.25) is 9.78 Å². The Morgan fingerprint density at radius 3 is 2.78 bits per heavy atom. The Morgan fingerprint density at radius 2 is 2.09 bits per heavy atom. The molecule has 0 saturated heterocycles. The van der Waals surface area contributed by atoms with Crippen LogP contribution in [0.1, 0.15) is 12.0 Å². The van der Waals surface area contributed by atoms with Gasteiger partial charge in [-0.1, -0.05) is 17.7 Å². The highest BCUT2D eigenvalue weighted by molar-refractivity contribution is 7.89. The number of sulfonamides is 1. The van der Waals surface area contributed by atoms with Crippen LogP contribution in [0.4, 0.5) is 5.69 Å². The third-order valence-electron chi connectivity index (χ3n) is 3.06. The molecule has 2 N–H and O–H groups in total. The van der Waals surface area contributed by atoms with Crippen LogP contribution in [-0.4, -0.2) is 25.9 Å². The SMILES string of the molecule is Cc1ccncc1NC(=O)CCNS(=O)(=O)c1cccc(Cl)c1. The van der Waals surface area contributed by atoms with Crippen molar-refractivity contribution >= 4 is 33.2 Å². The molecule has 8 heteroatoms. The number of nitrogens with zero attached hydrogens (tertiary/aromatic N) is 1. The lowest BCUT2D eigenvalue weighted by Gasteiger charge is -2.09. The summed E-state index contributed by atoms with van der Waals surface area (Å²) in [5.41, 5.74) is 1.49. The Morgan fingerprint density at radius 1 is 1.30 bits per heavy atom. The van der Waals surface area contributed by atoms with E-state index < -0.39 is 10.0 Å². The van der Waals surface area contributed by atoms with E-state index in [9.17, 15) is 13.2 Å². The zero-order valence-corrected chi connectivity index (χ0v) is 14.0. The number of aromatic nitrogens is 1. The van der Waals surface area contributed by atoms with Crippen molar-refractivity contribution in [1.29, 1.82) is 0 Å². The van der Waals surface area contributed by atoms with E-state index in [1.807, 2.05) is 6.92 Å². The molecule has 0 aliphatic carbocycles. The molecule has 0 aliphatic heterocycles. The first kappa shape index (κ1) is 17.4. The first-order valence-electron chi connectivity index (χ1n) is 6.84. The van der Waals surface area contributed by atoms with Gasteiger partial charge in [-0.15, -0.1) is 0 Å². The van der Waals surface area contributed by atoms with Crippen molar-refractivity contribution in [2.24, 2.45) is 0 Å². The normalized spacial score (nSPS) is 11.2. The number of carbonyl (C=O) groups excluding carboxylic acids is 1. The molecule has 1 aromatic heterocycles. The smallest absolute Gasteiger partial charge is 0.240 e. The van der Waals surface area contributed by atoms with Crippen LogP contribution in [0.3, 0.4) is 0 Å². The van der Waals surface area contributed by atoms with Gasteiger partial charge in [0.2, 0.25) is 15.9 Å². The van der Waals surface area contributed by atoms with Gasteiger partial charge in [0.25, 0.3) is 0 Å². The molecule has 0 atom stereocenters. The predicted octanol–water partition coefficient (Wildman–Crippen LogP) is 2.35. The molecule has 122 valence electrons. The molecule has 6 nitrogen and oxygen atoms in total. The summed E-state index contributed by atoms with van der Waals surface area (Å²) in [6.45, 7) is 1.83. The Hall–Kier alpha value is -1.96. The lowest BCUT2D eigenvalue weighted by Crippen LogP contribution is -2.28. The fourth-order valence-electron chi connectivity index (χ4n) is 1.82. The molecule has 0 aliphatic rings. The summed E-state index contributed by atoms with van der Waals surface area (Å²) in [6.07, 6.45) is 3.18. The van der Waals surface area contributed by atoms with Crippen molar-refractivity contribution in [2.75, 3.05) is 11.9 Å². The maximum absolute atomic E-state index is 12.1. The average molecular weight is 354 g/mol. The molecule has 1 aromatic carbocycles. The number of rotatable bonds is 6. The number of carbonyl (C=O) groups is 1. The van der Waals surface area contributed by atoms with E-state index in [-0.39, 0.29) is 23.8 Å². The van der Waals surface area contributed by atoms with Crippen LogP contribution < -0.4 is 10.0 Å². The van der Waals surface area contributed by atoms with E-state index in [0.29, 0.717) is 10.7 Å². The van der Waals surface area contributed by atoms with E-state index in [4.69, 9.17) is 11.6 Å². The molecule has 0 unspecified atom stereocenters. The Labute approximate surface area is 139 Å². The van der Waals surface area contributed by atoms with Gasteiger partial charge < -0.3 is 5.32 Å². The number of pyridine rings is 1. The molecule has 0 bridgehead atoms. The number of halogens is 1. The van der Waals surface area contributed by atoms with Gasteiger partial charge in [-0.05, 0) is 36.8 Å². The van der Waals surface area contributed by atoms with Crippen LogP contribution in [0.2, 0.25) is 5.02 Å². The highest BCUT2D eigenvalue weighted by Crippen LogP contribution is 2.15. The van der Waals surface area contributed by atoms with Gasteiger partial charge >= 0.3 is 0 Å². The standard InChI is InChI=1S/C15H16ClN3O3S/c1-11-5-7-17-10-14(11)19-15(20)6-8-18-23(21,22)13-4-2-3-12(16)9-13/h2-5,7,9-10,18H,6,8H2,1H3,(H,19,20). The highest BCUT2D eigenvalue weighted by Gasteiger charge is 2.14. The third-order valence-corrected chi connectivity index (χ3v) is 4.76. The van der Waals surface area contributed by atoms with E-state index in [0.717, 1.165) is 5.56 Å². The summed E-state index contributed by atoms with van der Waals surface area (Å²) in [7, 11) is -3.69. The summed E-state index contributed by atoms with van der Waals surface area (Å²) in [5, 5.41) is 3.02. The fourth-order valence-corrected chi connectivity index (χ4v) is 3.16. The third kappa shape index (κ3) is 5.02. The van der Waals surface area contributed by atoms with Crippen LogP contribution in [0.25, 0.3) is 0 Å². The van der Waals surface area contributed by atoms with Crippen molar-refractivity contribution in [3.05, 3.63) is 53.3 Å². The molecule has 0 saturated carbocycles. The van der Waals surface area contributed by atoms with Crippen LogP contribution in [0.15, 0.2) is 47.6 Å². The monoisotopic (exact) mass is 353 g/mol. The van der Waals surface area contributed by atoms with Crippen molar-refractivity contribution in [2.45, 2.75) is 18.2 Å². The van der Waals surface area contributed by atoms with Crippen molar-refractivity contribution < 1.29 is 13.2 Å². The Bertz CT molecular complexity index is 809. The minimum Gasteiger partial charge on any atom is -0.324 e. The minimum atomic E-state index is -3.69. The number of aryl methyl sites for hydroxylation is 1. The van der Waals surface area contributed by atoms with Gasteiger partial charge in [0.05, 0.1) is 16.8 Å². The molecular formula is C15H16ClN3O3S. The molecule has 0 fully saturated rings. The molecule has 23 heavy (non-hydrogen) atoms. The van der Waals surface area contributed by atoms with Gasteiger partial charge in [0.15, 0.2) is 0 Å². The second kappa shape index (κ2) is 7.54. The summed E-state index contributed by atoms with van der Waals surface area (Å²) >= 11 is 5.78. The number of benzene rings is 1. The molecule has 0 spiro atoms. The molecule has 0 radical (unpaired) electrons. The van der Waals surface area contributed by atoms with E-state index in [1.165, 1.54) is 12.1 Å². The summed E-state index contributed by atoms with van der Waals surface area (Å²) in [4.78, 5) is 15.8. The molecule has 1 heterocycles. The molecular weight excluding hydrogens is 338 g/mol. The topological polar surface area (TPSA) is 88.2 Å². The van der Waals surface area contributed by atoms with Crippen molar-refractivity contribution in [3.63, 3.8) is 0 Å². The van der Waals surface area contributed by atoms with Crippen molar-refractivity contribution in [3.8, 4) is 0 Å². The van der Waals surface area contributed by atoms with Gasteiger partial charge in [-0.2, -0.15) is 0 Å². The van der Waals surface area contributed by atoms with Gasteiger partial charge in [0.1, 0.15) is 0 Å². The van der Waals surface area contributed by atoms with Crippen LogP contribution in [-0.2, 0) is 14.8 Å². The summed E-state index contributed by atoms with van der Waals surface area (Å²) < 4.78 is 26.5. The first-order chi connectivity index (χ1) is 10.9. The number of hydrogen-bond donors (Lipinski definition) is 2. The summed E-state index contributed by atoms with van der Waals surface area (Å²) in [5.74, 6) is -0.296. The zero-order valence-electron chi connectivity index (χ0n) is 12.4. The van der Waals surface area contributed by atoms with Crippen molar-refractivity contribution in [1.82, 2.24) is 9.71 Å². The predicted molar refractivity (Wildman–Crippen MR) is 88.9 cm³/mol. The second-order valence-corrected chi connectivity index (χ2v) is 7.05. The van der Waals surface area contributed by atoms with Gasteiger partial charge in [-0.25, -0.2) is 13.1 Å². The first-order valence-corrected chi connectivity index (χ1v) is 8.70. The molecule has 2 rings (SSSR count). The van der Waals surface area contributed by atoms with Crippen LogP contribution in [0, 0.1) is 6.92 Å². The Balaban J connectivity index is 1.89. The minimum absolute atomic E-state index is 0.00807. The number of anilines is 1. The van der Waals surface area contributed by atoms with E-state index in [1.54, 1.807) is 30.6 Å². The van der Waals surface area contributed by atoms with Crippen LogP contribution >= 0.6 is 11.6 Å².